The maximum atomic E-state index is 11.9. The summed E-state index contributed by atoms with van der Waals surface area (Å²) >= 11 is 0. The van der Waals surface area contributed by atoms with Crippen LogP contribution in [0.3, 0.4) is 0 Å². The average Bonchev–Trinajstić information content (AvgIpc) is 3.29. The number of rotatable bonds is 7. The molecule has 0 spiro atoms. The number of primary amides is 1. The Bertz CT molecular complexity index is 488. The first-order chi connectivity index (χ1) is 9.53. The molecule has 110 valence electrons. The van der Waals surface area contributed by atoms with E-state index >= 15 is 0 Å². The normalized spacial score (nSPS) is 17.4. The van der Waals surface area contributed by atoms with Crippen LogP contribution in [0.1, 0.15) is 12.8 Å². The summed E-state index contributed by atoms with van der Waals surface area (Å²) in [7, 11) is 5.42. The minimum Gasteiger partial charge on any atom is -0.497 e. The van der Waals surface area contributed by atoms with Crippen molar-refractivity contribution in [3.8, 4) is 5.75 Å². The molecule has 20 heavy (non-hydrogen) atoms. The Hall–Kier alpha value is -1.75. The van der Waals surface area contributed by atoms with E-state index in [2.05, 4.69) is 5.32 Å². The molecule has 0 radical (unpaired) electrons. The van der Waals surface area contributed by atoms with Crippen LogP contribution in [0.25, 0.3) is 0 Å². The molecule has 0 saturated heterocycles. The smallest absolute Gasteiger partial charge is 0.239 e. The van der Waals surface area contributed by atoms with E-state index in [1.165, 1.54) is 0 Å². The van der Waals surface area contributed by atoms with Crippen molar-refractivity contribution in [3.63, 3.8) is 0 Å². The molecule has 0 aromatic heterocycles. The minimum absolute atomic E-state index is 0.280. The molecule has 3 N–H and O–H groups in total. The van der Waals surface area contributed by atoms with Crippen molar-refractivity contribution in [3.05, 3.63) is 24.3 Å². The SMILES string of the molecule is CNC(CN(C)c1cccc(OC)c1)(C(N)=O)C1CC1. The molecule has 0 bridgehead atoms. The lowest BCUT2D eigenvalue weighted by Gasteiger charge is -2.35. The van der Waals surface area contributed by atoms with E-state index in [-0.39, 0.29) is 5.91 Å². The molecule has 5 heteroatoms. The summed E-state index contributed by atoms with van der Waals surface area (Å²) in [5, 5.41) is 3.16. The number of likely N-dealkylation sites (N-methyl/N-ethyl adjacent to an activating group) is 2. The second kappa shape index (κ2) is 5.71. The van der Waals surface area contributed by atoms with Gasteiger partial charge in [-0.25, -0.2) is 0 Å². The van der Waals surface area contributed by atoms with Crippen LogP contribution in [0.2, 0.25) is 0 Å². The van der Waals surface area contributed by atoms with Crippen molar-refractivity contribution in [1.82, 2.24) is 5.32 Å². The highest BCUT2D eigenvalue weighted by molar-refractivity contribution is 5.86. The zero-order chi connectivity index (χ0) is 14.8. The summed E-state index contributed by atoms with van der Waals surface area (Å²) in [5.41, 5.74) is 6.00. The van der Waals surface area contributed by atoms with Crippen LogP contribution in [0.5, 0.6) is 5.75 Å². The Morgan fingerprint density at radius 1 is 1.55 bits per heavy atom. The third kappa shape index (κ3) is 2.72. The van der Waals surface area contributed by atoms with Crippen molar-refractivity contribution in [2.24, 2.45) is 11.7 Å². The summed E-state index contributed by atoms with van der Waals surface area (Å²) in [6, 6.07) is 7.79. The number of nitrogens with one attached hydrogen (secondary N) is 1. The van der Waals surface area contributed by atoms with Crippen molar-refractivity contribution in [2.45, 2.75) is 18.4 Å². The summed E-state index contributed by atoms with van der Waals surface area (Å²) < 4.78 is 5.23. The molecule has 1 atom stereocenters. The standard InChI is InChI=1S/C15H23N3O2/c1-17-15(14(16)19,11-7-8-11)10-18(2)12-5-4-6-13(9-12)20-3/h4-6,9,11,17H,7-8,10H2,1-3H3,(H2,16,19). The Morgan fingerprint density at radius 2 is 2.25 bits per heavy atom. The number of ether oxygens (including phenoxy) is 1. The van der Waals surface area contributed by atoms with Crippen LogP contribution in [-0.2, 0) is 4.79 Å². The fourth-order valence-corrected chi connectivity index (χ4v) is 2.70. The molecule has 1 aromatic carbocycles. The zero-order valence-electron chi connectivity index (χ0n) is 12.3. The molecule has 5 nitrogen and oxygen atoms in total. The van der Waals surface area contributed by atoms with E-state index in [9.17, 15) is 4.79 Å². The third-order valence-electron chi connectivity index (χ3n) is 4.14. The van der Waals surface area contributed by atoms with Gasteiger partial charge in [-0.1, -0.05) is 6.07 Å². The van der Waals surface area contributed by atoms with Gasteiger partial charge in [-0.05, 0) is 37.9 Å². The van der Waals surface area contributed by atoms with Gasteiger partial charge in [0.1, 0.15) is 11.3 Å². The Morgan fingerprint density at radius 3 is 2.75 bits per heavy atom. The lowest BCUT2D eigenvalue weighted by molar-refractivity contribution is -0.124. The number of methoxy groups -OCH3 is 1. The van der Waals surface area contributed by atoms with Crippen molar-refractivity contribution in [1.29, 1.82) is 0 Å². The predicted octanol–water partition coefficient (Wildman–Crippen LogP) is 0.985. The number of hydrogen-bond acceptors (Lipinski definition) is 4. The molecule has 1 aliphatic carbocycles. The summed E-state index contributed by atoms with van der Waals surface area (Å²) in [4.78, 5) is 14.0. The quantitative estimate of drug-likeness (QED) is 0.780. The van der Waals surface area contributed by atoms with Gasteiger partial charge in [0, 0.05) is 25.3 Å². The largest absolute Gasteiger partial charge is 0.497 e. The average molecular weight is 277 g/mol. The molecule has 2 rings (SSSR count). The van der Waals surface area contributed by atoms with Crippen LogP contribution >= 0.6 is 0 Å². The van der Waals surface area contributed by atoms with Crippen molar-refractivity contribution in [2.75, 3.05) is 32.6 Å². The predicted molar refractivity (Wildman–Crippen MR) is 80.0 cm³/mol. The number of benzene rings is 1. The number of nitrogens with two attached hydrogens (primary N) is 1. The molecule has 1 amide bonds. The molecular weight excluding hydrogens is 254 g/mol. The number of nitrogens with zero attached hydrogens (tertiary/aromatic N) is 1. The Kier molecular flexibility index (Phi) is 4.18. The second-order valence-corrected chi connectivity index (χ2v) is 5.42. The Labute approximate surface area is 120 Å². The highest BCUT2D eigenvalue weighted by atomic mass is 16.5. The lowest BCUT2D eigenvalue weighted by atomic mass is 9.91. The maximum Gasteiger partial charge on any atom is 0.239 e. The molecule has 0 heterocycles. The van der Waals surface area contributed by atoms with E-state index in [1.54, 1.807) is 7.11 Å². The number of carbonyl (C=O) groups excluding carboxylic acids is 1. The molecule has 0 aliphatic heterocycles. The second-order valence-electron chi connectivity index (χ2n) is 5.42. The van der Waals surface area contributed by atoms with E-state index in [0.29, 0.717) is 12.5 Å². The Balaban J connectivity index is 2.19. The van der Waals surface area contributed by atoms with Crippen LogP contribution < -0.4 is 20.7 Å². The molecule has 1 aliphatic rings. The maximum absolute atomic E-state index is 11.9. The first-order valence-electron chi connectivity index (χ1n) is 6.87. The van der Waals surface area contributed by atoms with Gasteiger partial charge < -0.3 is 20.7 Å². The minimum atomic E-state index is -0.655. The number of hydrogen-bond donors (Lipinski definition) is 2. The van der Waals surface area contributed by atoms with Gasteiger partial charge in [-0.15, -0.1) is 0 Å². The molecule has 1 saturated carbocycles. The van der Waals surface area contributed by atoms with Gasteiger partial charge in [-0.2, -0.15) is 0 Å². The van der Waals surface area contributed by atoms with Gasteiger partial charge in [0.2, 0.25) is 5.91 Å². The van der Waals surface area contributed by atoms with Crippen LogP contribution in [-0.4, -0.2) is 39.2 Å². The molecule has 1 unspecified atom stereocenters. The first-order valence-corrected chi connectivity index (χ1v) is 6.87. The zero-order valence-corrected chi connectivity index (χ0v) is 12.3. The molecule has 1 fully saturated rings. The summed E-state index contributed by atoms with van der Waals surface area (Å²) in [5.74, 6) is 0.852. The van der Waals surface area contributed by atoms with Gasteiger partial charge in [0.05, 0.1) is 7.11 Å². The van der Waals surface area contributed by atoms with E-state index in [1.807, 2.05) is 43.3 Å². The van der Waals surface area contributed by atoms with E-state index < -0.39 is 5.54 Å². The number of anilines is 1. The van der Waals surface area contributed by atoms with Crippen LogP contribution in [0, 0.1) is 5.92 Å². The number of amides is 1. The monoisotopic (exact) mass is 277 g/mol. The van der Waals surface area contributed by atoms with Gasteiger partial charge in [0.15, 0.2) is 0 Å². The lowest BCUT2D eigenvalue weighted by Crippen LogP contribution is -2.61. The molecular formula is C15H23N3O2. The summed E-state index contributed by atoms with van der Waals surface area (Å²) in [6.07, 6.45) is 2.10. The van der Waals surface area contributed by atoms with Crippen LogP contribution in [0.15, 0.2) is 24.3 Å². The van der Waals surface area contributed by atoms with Crippen molar-refractivity contribution < 1.29 is 9.53 Å². The first kappa shape index (κ1) is 14.7. The van der Waals surface area contributed by atoms with Crippen LogP contribution in [0.4, 0.5) is 5.69 Å². The topological polar surface area (TPSA) is 67.6 Å². The van der Waals surface area contributed by atoms with Gasteiger partial charge in [0.25, 0.3) is 0 Å². The van der Waals surface area contributed by atoms with E-state index in [0.717, 1.165) is 24.3 Å². The molecule has 1 aromatic rings. The van der Waals surface area contributed by atoms with E-state index in [4.69, 9.17) is 10.5 Å². The number of carbonyl (C=O) groups is 1. The fourth-order valence-electron chi connectivity index (χ4n) is 2.70. The highest BCUT2D eigenvalue weighted by Gasteiger charge is 2.49. The summed E-state index contributed by atoms with van der Waals surface area (Å²) in [6.45, 7) is 0.552. The fraction of sp³-hybridized carbons (Fsp3) is 0.533. The van der Waals surface area contributed by atoms with Gasteiger partial charge >= 0.3 is 0 Å². The van der Waals surface area contributed by atoms with Crippen molar-refractivity contribution >= 4 is 11.6 Å². The van der Waals surface area contributed by atoms with Gasteiger partial charge in [-0.3, -0.25) is 4.79 Å². The highest BCUT2D eigenvalue weighted by Crippen LogP contribution is 2.40. The third-order valence-corrected chi connectivity index (χ3v) is 4.14.